The lowest BCUT2D eigenvalue weighted by Crippen LogP contribution is -2.23. The van der Waals surface area contributed by atoms with Crippen LogP contribution in [0.1, 0.15) is 6.92 Å². The van der Waals surface area contributed by atoms with Gasteiger partial charge in [-0.05, 0) is 49.4 Å². The number of para-hydroxylation sites is 1. The number of halogens is 1. The van der Waals surface area contributed by atoms with E-state index >= 15 is 0 Å². The first-order chi connectivity index (χ1) is 16.5. The minimum absolute atomic E-state index is 0.212. The molecule has 9 heteroatoms. The van der Waals surface area contributed by atoms with Crippen LogP contribution in [0.15, 0.2) is 78.0 Å². The normalized spacial score (nSPS) is 11.6. The number of benzene rings is 3. The van der Waals surface area contributed by atoms with E-state index in [4.69, 9.17) is 21.1 Å². The number of hydrogen-bond donors (Lipinski definition) is 1. The molecule has 3 aromatic carbocycles. The zero-order valence-corrected chi connectivity index (χ0v) is 20.4. The van der Waals surface area contributed by atoms with Crippen LogP contribution in [0, 0.1) is 0 Å². The third-order valence-electron chi connectivity index (χ3n) is 5.05. The van der Waals surface area contributed by atoms with E-state index in [0.29, 0.717) is 27.4 Å². The predicted molar refractivity (Wildman–Crippen MR) is 135 cm³/mol. The molecule has 0 aliphatic rings. The van der Waals surface area contributed by atoms with Crippen molar-refractivity contribution >= 4 is 35.0 Å². The molecular formula is C25H23ClN4O3S. The smallest absolute Gasteiger partial charge is 0.237 e. The molecule has 0 spiro atoms. The first kappa shape index (κ1) is 23.7. The Bertz CT molecular complexity index is 1300. The van der Waals surface area contributed by atoms with Gasteiger partial charge in [-0.3, -0.25) is 9.36 Å². The summed E-state index contributed by atoms with van der Waals surface area (Å²) >= 11 is 7.40. The number of anilines is 1. The molecule has 1 amide bonds. The van der Waals surface area contributed by atoms with Crippen LogP contribution < -0.4 is 14.8 Å². The Kier molecular flexibility index (Phi) is 7.40. The van der Waals surface area contributed by atoms with E-state index < -0.39 is 5.25 Å². The van der Waals surface area contributed by atoms with E-state index in [0.717, 1.165) is 17.0 Å². The lowest BCUT2D eigenvalue weighted by atomic mass is 10.2. The average Bonchev–Trinajstić information content (AvgIpc) is 3.28. The molecule has 1 heterocycles. The molecule has 0 aliphatic heterocycles. The van der Waals surface area contributed by atoms with Gasteiger partial charge in [0.15, 0.2) is 11.0 Å². The molecule has 1 aromatic heterocycles. The fourth-order valence-corrected chi connectivity index (χ4v) is 4.37. The summed E-state index contributed by atoms with van der Waals surface area (Å²) in [5.41, 5.74) is 2.24. The fraction of sp³-hybridized carbons (Fsp3) is 0.160. The van der Waals surface area contributed by atoms with E-state index in [9.17, 15) is 4.79 Å². The van der Waals surface area contributed by atoms with Crippen molar-refractivity contribution in [1.82, 2.24) is 14.8 Å². The summed E-state index contributed by atoms with van der Waals surface area (Å²) in [6, 6.07) is 22.5. The van der Waals surface area contributed by atoms with Crippen LogP contribution in [-0.4, -0.2) is 40.1 Å². The SMILES string of the molecule is COc1cccc(-c2nnc(SC(C)C(=O)Nc3cc(Cl)ccc3OC)n2-c2ccccc2)c1. The van der Waals surface area contributed by atoms with Gasteiger partial charge in [0.25, 0.3) is 0 Å². The zero-order chi connectivity index (χ0) is 24.1. The molecule has 0 aliphatic carbocycles. The zero-order valence-electron chi connectivity index (χ0n) is 18.9. The maximum atomic E-state index is 13.0. The second-order valence-corrected chi connectivity index (χ2v) is 9.05. The van der Waals surface area contributed by atoms with Gasteiger partial charge in [0, 0.05) is 16.3 Å². The van der Waals surface area contributed by atoms with E-state index in [1.165, 1.54) is 11.8 Å². The Balaban J connectivity index is 1.65. The number of rotatable bonds is 8. The number of amides is 1. The summed E-state index contributed by atoms with van der Waals surface area (Å²) in [5, 5.41) is 12.4. The lowest BCUT2D eigenvalue weighted by molar-refractivity contribution is -0.115. The largest absolute Gasteiger partial charge is 0.497 e. The van der Waals surface area contributed by atoms with E-state index in [-0.39, 0.29) is 5.91 Å². The predicted octanol–water partition coefficient (Wildman–Crippen LogP) is 5.72. The van der Waals surface area contributed by atoms with Crippen molar-refractivity contribution in [2.45, 2.75) is 17.3 Å². The summed E-state index contributed by atoms with van der Waals surface area (Å²) < 4.78 is 12.6. The Morgan fingerprint density at radius 2 is 1.79 bits per heavy atom. The number of ether oxygens (including phenoxy) is 2. The fourth-order valence-electron chi connectivity index (χ4n) is 3.33. The van der Waals surface area contributed by atoms with Gasteiger partial charge in [-0.2, -0.15) is 0 Å². The number of nitrogens with one attached hydrogen (secondary N) is 1. The van der Waals surface area contributed by atoms with Gasteiger partial charge in [0.2, 0.25) is 5.91 Å². The van der Waals surface area contributed by atoms with Crippen molar-refractivity contribution in [2.75, 3.05) is 19.5 Å². The highest BCUT2D eigenvalue weighted by Crippen LogP contribution is 2.33. The van der Waals surface area contributed by atoms with E-state index in [1.807, 2.05) is 66.1 Å². The van der Waals surface area contributed by atoms with Crippen LogP contribution >= 0.6 is 23.4 Å². The Morgan fingerprint density at radius 1 is 1.00 bits per heavy atom. The lowest BCUT2D eigenvalue weighted by Gasteiger charge is -2.15. The number of aromatic nitrogens is 3. The first-order valence-electron chi connectivity index (χ1n) is 10.5. The van der Waals surface area contributed by atoms with Gasteiger partial charge >= 0.3 is 0 Å². The molecule has 0 fully saturated rings. The van der Waals surface area contributed by atoms with Crippen LogP contribution in [0.25, 0.3) is 17.1 Å². The highest BCUT2D eigenvalue weighted by molar-refractivity contribution is 8.00. The molecule has 4 aromatic rings. The monoisotopic (exact) mass is 494 g/mol. The third-order valence-corrected chi connectivity index (χ3v) is 6.32. The van der Waals surface area contributed by atoms with Gasteiger partial charge in [0.05, 0.1) is 25.2 Å². The molecule has 34 heavy (non-hydrogen) atoms. The molecule has 1 unspecified atom stereocenters. The van der Waals surface area contributed by atoms with E-state index in [2.05, 4.69) is 15.5 Å². The quantitative estimate of drug-likeness (QED) is 0.315. The molecule has 0 radical (unpaired) electrons. The Labute approximate surface area is 207 Å². The molecule has 1 atom stereocenters. The molecule has 0 bridgehead atoms. The summed E-state index contributed by atoms with van der Waals surface area (Å²) in [6.45, 7) is 1.81. The minimum Gasteiger partial charge on any atom is -0.497 e. The van der Waals surface area contributed by atoms with Gasteiger partial charge in [0.1, 0.15) is 11.5 Å². The summed E-state index contributed by atoms with van der Waals surface area (Å²) in [7, 11) is 3.16. The van der Waals surface area contributed by atoms with Crippen molar-refractivity contribution in [3.63, 3.8) is 0 Å². The highest BCUT2D eigenvalue weighted by Gasteiger charge is 2.23. The number of nitrogens with zero attached hydrogens (tertiary/aromatic N) is 3. The number of carbonyl (C=O) groups excluding carboxylic acids is 1. The van der Waals surface area contributed by atoms with Gasteiger partial charge < -0.3 is 14.8 Å². The van der Waals surface area contributed by atoms with E-state index in [1.54, 1.807) is 32.4 Å². The van der Waals surface area contributed by atoms with Crippen molar-refractivity contribution in [1.29, 1.82) is 0 Å². The molecule has 7 nitrogen and oxygen atoms in total. The van der Waals surface area contributed by atoms with Crippen LogP contribution in [0.4, 0.5) is 5.69 Å². The maximum Gasteiger partial charge on any atom is 0.237 e. The molecule has 0 saturated heterocycles. The second-order valence-electron chi connectivity index (χ2n) is 7.30. The van der Waals surface area contributed by atoms with Crippen LogP contribution in [-0.2, 0) is 4.79 Å². The van der Waals surface area contributed by atoms with Crippen LogP contribution in [0.3, 0.4) is 0 Å². The average molecular weight is 495 g/mol. The van der Waals surface area contributed by atoms with Crippen LogP contribution in [0.2, 0.25) is 5.02 Å². The summed E-state index contributed by atoms with van der Waals surface area (Å²) in [4.78, 5) is 13.0. The Hall–Kier alpha value is -3.49. The van der Waals surface area contributed by atoms with Gasteiger partial charge in [-0.25, -0.2) is 0 Å². The highest BCUT2D eigenvalue weighted by atomic mass is 35.5. The van der Waals surface area contributed by atoms with Crippen molar-refractivity contribution in [3.8, 4) is 28.6 Å². The number of carbonyl (C=O) groups is 1. The molecular weight excluding hydrogens is 472 g/mol. The molecule has 174 valence electrons. The number of methoxy groups -OCH3 is 2. The Morgan fingerprint density at radius 3 is 2.53 bits per heavy atom. The van der Waals surface area contributed by atoms with Gasteiger partial charge in [-0.15, -0.1) is 10.2 Å². The second kappa shape index (κ2) is 10.6. The molecule has 1 N–H and O–H groups in total. The van der Waals surface area contributed by atoms with Gasteiger partial charge in [-0.1, -0.05) is 53.7 Å². The van der Waals surface area contributed by atoms with Crippen LogP contribution in [0.5, 0.6) is 11.5 Å². The number of hydrogen-bond acceptors (Lipinski definition) is 6. The minimum atomic E-state index is -0.478. The third kappa shape index (κ3) is 5.18. The summed E-state index contributed by atoms with van der Waals surface area (Å²) in [6.07, 6.45) is 0. The maximum absolute atomic E-state index is 13.0. The molecule has 4 rings (SSSR count). The summed E-state index contributed by atoms with van der Waals surface area (Å²) in [5.74, 6) is 1.69. The van der Waals surface area contributed by atoms with Crippen molar-refractivity contribution in [2.24, 2.45) is 0 Å². The van der Waals surface area contributed by atoms with Crippen molar-refractivity contribution in [3.05, 3.63) is 77.8 Å². The number of thioether (sulfide) groups is 1. The topological polar surface area (TPSA) is 78.3 Å². The standard InChI is InChI=1S/C25H23ClN4O3S/c1-16(24(31)27-21-15-18(26)12-13-22(21)33-3)34-25-29-28-23(17-8-7-11-20(14-17)32-2)30(25)19-9-5-4-6-10-19/h4-16H,1-3H3,(H,27,31). The first-order valence-corrected chi connectivity index (χ1v) is 11.7. The molecule has 0 saturated carbocycles. The van der Waals surface area contributed by atoms with Crippen molar-refractivity contribution < 1.29 is 14.3 Å².